The summed E-state index contributed by atoms with van der Waals surface area (Å²) in [4.78, 5) is 17.9. The molecule has 180 valence electrons. The van der Waals surface area contributed by atoms with Gasteiger partial charge in [-0.1, -0.05) is 18.2 Å². The number of ether oxygens (including phenoxy) is 2. The van der Waals surface area contributed by atoms with E-state index in [1.165, 1.54) is 12.8 Å². The van der Waals surface area contributed by atoms with Gasteiger partial charge in [0.2, 0.25) is 0 Å². The maximum atomic E-state index is 12.0. The summed E-state index contributed by atoms with van der Waals surface area (Å²) in [5, 5.41) is 6.65. The van der Waals surface area contributed by atoms with Crippen LogP contribution in [-0.4, -0.2) is 51.1 Å². The Hall–Kier alpha value is -2.49. The van der Waals surface area contributed by atoms with Gasteiger partial charge in [-0.05, 0) is 61.1 Å². The number of hydrogen-bond donors (Lipinski definition) is 2. The summed E-state index contributed by atoms with van der Waals surface area (Å²) in [6.45, 7) is 1.22. The van der Waals surface area contributed by atoms with Gasteiger partial charge in [0.25, 0.3) is 5.91 Å². The number of carbonyl (C=O) groups is 1. The molecule has 0 saturated heterocycles. The van der Waals surface area contributed by atoms with E-state index in [1.807, 2.05) is 42.5 Å². The van der Waals surface area contributed by atoms with Crippen LogP contribution in [0.15, 0.2) is 47.5 Å². The third-order valence-corrected chi connectivity index (χ3v) is 5.57. The number of guanidine groups is 1. The molecule has 1 aliphatic rings. The van der Waals surface area contributed by atoms with Crippen LogP contribution >= 0.6 is 24.0 Å². The van der Waals surface area contributed by atoms with E-state index in [0.717, 1.165) is 35.5 Å². The molecule has 2 N–H and O–H groups in total. The first-order chi connectivity index (χ1) is 15.5. The highest BCUT2D eigenvalue weighted by Gasteiger charge is 2.18. The molecule has 0 aromatic heterocycles. The average molecular weight is 566 g/mol. The molecule has 0 heterocycles. The highest BCUT2D eigenvalue weighted by atomic mass is 127. The molecule has 0 aliphatic heterocycles. The number of methoxy groups -OCH3 is 1. The Labute approximate surface area is 214 Å². The normalized spacial score (nSPS) is 13.8. The molecule has 3 rings (SSSR count). The molecule has 1 saturated carbocycles. The Balaban J connectivity index is 0.00000385. The first-order valence-electron chi connectivity index (χ1n) is 11.1. The van der Waals surface area contributed by atoms with Crippen molar-refractivity contribution in [2.45, 2.75) is 44.9 Å². The van der Waals surface area contributed by atoms with Crippen LogP contribution in [0, 0.1) is 0 Å². The van der Waals surface area contributed by atoms with Crippen molar-refractivity contribution in [2.75, 3.05) is 28.3 Å². The van der Waals surface area contributed by atoms with Crippen molar-refractivity contribution >= 4 is 35.8 Å². The maximum Gasteiger partial charge on any atom is 0.253 e. The van der Waals surface area contributed by atoms with E-state index in [2.05, 4.69) is 15.6 Å². The fraction of sp³-hybridized carbons (Fsp3) is 0.440. The molecule has 1 amide bonds. The smallest absolute Gasteiger partial charge is 0.253 e. The summed E-state index contributed by atoms with van der Waals surface area (Å²) in [5.41, 5.74) is 2.84. The number of halogens is 1. The van der Waals surface area contributed by atoms with E-state index in [9.17, 15) is 4.79 Å². The molecular weight excluding hydrogens is 531 g/mol. The molecule has 0 atom stereocenters. The number of carbonyl (C=O) groups excluding carboxylic acids is 1. The lowest BCUT2D eigenvalue weighted by Gasteiger charge is -2.17. The zero-order valence-electron chi connectivity index (χ0n) is 19.9. The van der Waals surface area contributed by atoms with Crippen LogP contribution in [0.2, 0.25) is 0 Å². The second-order valence-electron chi connectivity index (χ2n) is 8.19. The first kappa shape index (κ1) is 26.8. The molecule has 2 aromatic rings. The maximum absolute atomic E-state index is 12.0. The Morgan fingerprint density at radius 3 is 2.18 bits per heavy atom. The number of hydrogen-bond acceptors (Lipinski definition) is 4. The van der Waals surface area contributed by atoms with Crippen LogP contribution in [0.3, 0.4) is 0 Å². The number of aliphatic imine (C=N–C) groups is 1. The fourth-order valence-electron chi connectivity index (χ4n) is 3.72. The molecule has 0 spiro atoms. The molecule has 8 heteroatoms. The van der Waals surface area contributed by atoms with Gasteiger partial charge in [-0.2, -0.15) is 0 Å². The van der Waals surface area contributed by atoms with Crippen LogP contribution < -0.4 is 20.1 Å². The van der Waals surface area contributed by atoms with Gasteiger partial charge in [0.1, 0.15) is 0 Å². The zero-order chi connectivity index (χ0) is 22.9. The molecule has 2 aromatic carbocycles. The summed E-state index contributed by atoms with van der Waals surface area (Å²) < 4.78 is 11.7. The first-order valence-corrected chi connectivity index (χ1v) is 11.1. The average Bonchev–Trinajstić information content (AvgIpc) is 3.32. The second kappa shape index (κ2) is 13.3. The summed E-state index contributed by atoms with van der Waals surface area (Å²) in [6, 6.07) is 13.6. The van der Waals surface area contributed by atoms with E-state index in [0.29, 0.717) is 24.6 Å². The number of benzene rings is 2. The lowest BCUT2D eigenvalue weighted by molar-refractivity contribution is 0.0827. The quantitative estimate of drug-likeness (QED) is 0.285. The molecule has 1 aliphatic carbocycles. The van der Waals surface area contributed by atoms with Gasteiger partial charge in [0, 0.05) is 39.8 Å². The van der Waals surface area contributed by atoms with Gasteiger partial charge in [-0.15, -0.1) is 24.0 Å². The molecular formula is C25H35IN4O3. The molecule has 0 radical (unpaired) electrons. The minimum Gasteiger partial charge on any atom is -0.493 e. The van der Waals surface area contributed by atoms with Crippen molar-refractivity contribution in [3.05, 3.63) is 59.2 Å². The summed E-state index contributed by atoms with van der Waals surface area (Å²) in [7, 11) is 6.92. The van der Waals surface area contributed by atoms with E-state index in [-0.39, 0.29) is 36.0 Å². The fourth-order valence-corrected chi connectivity index (χ4v) is 3.72. The third kappa shape index (κ3) is 7.80. The molecule has 7 nitrogen and oxygen atoms in total. The monoisotopic (exact) mass is 566 g/mol. The summed E-state index contributed by atoms with van der Waals surface area (Å²) in [5.74, 6) is 2.26. The second-order valence-corrected chi connectivity index (χ2v) is 8.19. The van der Waals surface area contributed by atoms with E-state index in [4.69, 9.17) is 9.47 Å². The van der Waals surface area contributed by atoms with Crippen molar-refractivity contribution < 1.29 is 14.3 Å². The van der Waals surface area contributed by atoms with Crippen molar-refractivity contribution in [2.24, 2.45) is 4.99 Å². The number of nitrogens with one attached hydrogen (secondary N) is 2. The SMILES string of the molecule is CN=C(NCc1ccc(C(=O)N(C)C)cc1)NCc1ccc(OC)c(OC2CCCC2)c1.I. The Morgan fingerprint density at radius 1 is 1.00 bits per heavy atom. The number of nitrogens with zero attached hydrogens (tertiary/aromatic N) is 2. The highest BCUT2D eigenvalue weighted by Crippen LogP contribution is 2.32. The van der Waals surface area contributed by atoms with E-state index >= 15 is 0 Å². The van der Waals surface area contributed by atoms with Gasteiger partial charge in [0.05, 0.1) is 13.2 Å². The Bertz CT molecular complexity index is 926. The van der Waals surface area contributed by atoms with E-state index < -0.39 is 0 Å². The van der Waals surface area contributed by atoms with Crippen LogP contribution in [0.1, 0.15) is 47.2 Å². The minimum atomic E-state index is -0.00208. The van der Waals surface area contributed by atoms with Crippen LogP contribution in [-0.2, 0) is 13.1 Å². The lowest BCUT2D eigenvalue weighted by atomic mass is 10.1. The predicted molar refractivity (Wildman–Crippen MR) is 143 cm³/mol. The van der Waals surface area contributed by atoms with Crippen LogP contribution in [0.5, 0.6) is 11.5 Å². The van der Waals surface area contributed by atoms with Crippen molar-refractivity contribution in [3.63, 3.8) is 0 Å². The van der Waals surface area contributed by atoms with Gasteiger partial charge < -0.3 is 25.0 Å². The lowest BCUT2D eigenvalue weighted by Crippen LogP contribution is -2.36. The predicted octanol–water partition coefficient (Wildman–Crippen LogP) is 4.20. The molecule has 33 heavy (non-hydrogen) atoms. The van der Waals surface area contributed by atoms with Crippen molar-refractivity contribution in [1.29, 1.82) is 0 Å². The molecule has 1 fully saturated rings. The topological polar surface area (TPSA) is 75.2 Å². The largest absolute Gasteiger partial charge is 0.493 e. The molecule has 0 unspecified atom stereocenters. The third-order valence-electron chi connectivity index (χ3n) is 5.57. The van der Waals surface area contributed by atoms with Crippen molar-refractivity contribution in [1.82, 2.24) is 15.5 Å². The molecule has 0 bridgehead atoms. The summed E-state index contributed by atoms with van der Waals surface area (Å²) >= 11 is 0. The Kier molecular flexibility index (Phi) is 10.8. The van der Waals surface area contributed by atoms with Crippen LogP contribution in [0.25, 0.3) is 0 Å². The standard InChI is InChI=1S/C25H34N4O3.HI/c1-26-25(27-16-18-9-12-20(13-10-18)24(30)29(2)3)28-17-19-11-14-22(31-4)23(15-19)32-21-7-5-6-8-21;/h9-15,21H,5-8,16-17H2,1-4H3,(H2,26,27,28);1H. The Morgan fingerprint density at radius 2 is 1.61 bits per heavy atom. The van der Waals surface area contributed by atoms with Crippen LogP contribution in [0.4, 0.5) is 0 Å². The van der Waals surface area contributed by atoms with Gasteiger partial charge in [-0.3, -0.25) is 9.79 Å². The highest BCUT2D eigenvalue weighted by molar-refractivity contribution is 14.0. The van der Waals surface area contributed by atoms with E-state index in [1.54, 1.807) is 33.2 Å². The number of rotatable bonds is 8. The van der Waals surface area contributed by atoms with Gasteiger partial charge in [-0.25, -0.2) is 0 Å². The minimum absolute atomic E-state index is 0. The van der Waals surface area contributed by atoms with Crippen molar-refractivity contribution in [3.8, 4) is 11.5 Å². The number of amides is 1. The zero-order valence-corrected chi connectivity index (χ0v) is 22.2. The van der Waals surface area contributed by atoms with Gasteiger partial charge >= 0.3 is 0 Å². The summed E-state index contributed by atoms with van der Waals surface area (Å²) in [6.07, 6.45) is 4.94. The van der Waals surface area contributed by atoms with Gasteiger partial charge in [0.15, 0.2) is 17.5 Å².